The van der Waals surface area contributed by atoms with E-state index >= 15 is 0 Å². The van der Waals surface area contributed by atoms with E-state index in [4.69, 9.17) is 0 Å². The summed E-state index contributed by atoms with van der Waals surface area (Å²) in [5.74, 6) is 0. The van der Waals surface area contributed by atoms with E-state index < -0.39 is 10.1 Å². The van der Waals surface area contributed by atoms with E-state index in [9.17, 15) is 8.42 Å². The van der Waals surface area contributed by atoms with Gasteiger partial charge in [-0.15, -0.1) is 0 Å². The number of benzene rings is 2. The summed E-state index contributed by atoms with van der Waals surface area (Å²) in [6.07, 6.45) is 0. The Hall–Kier alpha value is -0.660. The topological polar surface area (TPSA) is 43.4 Å². The SMILES string of the molecule is O=S(=O)(OI)c1cccc2ccccc12. The Bertz CT molecular complexity index is 587. The van der Waals surface area contributed by atoms with Crippen LogP contribution in [0.2, 0.25) is 0 Å². The van der Waals surface area contributed by atoms with Gasteiger partial charge in [0.25, 0.3) is 0 Å². The summed E-state index contributed by atoms with van der Waals surface area (Å²) < 4.78 is 27.6. The minimum absolute atomic E-state index is 0.204. The van der Waals surface area contributed by atoms with E-state index in [-0.39, 0.29) is 4.90 Å². The van der Waals surface area contributed by atoms with Crippen LogP contribution in [0.5, 0.6) is 0 Å². The van der Waals surface area contributed by atoms with Gasteiger partial charge in [-0.2, -0.15) is 10.9 Å². The largest absolute Gasteiger partial charge is 0.306 e. The van der Waals surface area contributed by atoms with Crippen molar-refractivity contribution in [2.24, 2.45) is 0 Å². The van der Waals surface area contributed by atoms with Gasteiger partial charge in [0.05, 0.1) is 0 Å². The van der Waals surface area contributed by atoms with Crippen molar-refractivity contribution in [2.45, 2.75) is 4.90 Å². The lowest BCUT2D eigenvalue weighted by atomic mass is 10.1. The first kappa shape index (κ1) is 10.8. The first-order chi connectivity index (χ1) is 7.15. The van der Waals surface area contributed by atoms with E-state index in [1.54, 1.807) is 18.2 Å². The Morgan fingerprint density at radius 3 is 2.40 bits per heavy atom. The molecule has 0 aromatic heterocycles. The third kappa shape index (κ3) is 1.99. The minimum atomic E-state index is -3.64. The van der Waals surface area contributed by atoms with Gasteiger partial charge in [-0.3, -0.25) is 0 Å². The molecule has 0 unspecified atom stereocenters. The molecule has 78 valence electrons. The molecule has 0 radical (unpaired) electrons. The zero-order valence-corrected chi connectivity index (χ0v) is 10.5. The van der Waals surface area contributed by atoms with Crippen molar-refractivity contribution in [3.8, 4) is 0 Å². The molecular formula is C10H7IO3S. The molecule has 3 nitrogen and oxygen atoms in total. The smallest absolute Gasteiger partial charge is 0.195 e. The van der Waals surface area contributed by atoms with Gasteiger partial charge in [-0.25, -0.2) is 0 Å². The normalized spacial score (nSPS) is 11.8. The predicted molar refractivity (Wildman–Crippen MR) is 66.2 cm³/mol. The molecule has 0 aliphatic carbocycles. The van der Waals surface area contributed by atoms with Crippen molar-refractivity contribution < 1.29 is 10.9 Å². The Balaban J connectivity index is 2.83. The number of rotatable bonds is 2. The van der Waals surface area contributed by atoms with E-state index in [1.807, 2.05) is 18.2 Å². The summed E-state index contributed by atoms with van der Waals surface area (Å²) in [6, 6.07) is 12.4. The first-order valence-electron chi connectivity index (χ1n) is 4.18. The quantitative estimate of drug-likeness (QED) is 0.793. The molecule has 2 aromatic rings. The molecule has 15 heavy (non-hydrogen) atoms. The van der Waals surface area contributed by atoms with Crippen LogP contribution in [0.25, 0.3) is 10.8 Å². The fourth-order valence-corrected chi connectivity index (χ4v) is 2.80. The Labute approximate surface area is 102 Å². The van der Waals surface area contributed by atoms with Crippen LogP contribution in [0.3, 0.4) is 0 Å². The highest BCUT2D eigenvalue weighted by molar-refractivity contribution is 14.1. The van der Waals surface area contributed by atoms with Crippen molar-refractivity contribution in [3.63, 3.8) is 0 Å². The molecule has 0 heterocycles. The lowest BCUT2D eigenvalue weighted by molar-refractivity contribution is 0.537. The van der Waals surface area contributed by atoms with Crippen molar-refractivity contribution in [2.75, 3.05) is 0 Å². The molecule has 0 N–H and O–H groups in total. The number of halogens is 1. The lowest BCUT2D eigenvalue weighted by Gasteiger charge is -2.04. The van der Waals surface area contributed by atoms with Crippen LogP contribution in [-0.2, 0) is 12.6 Å². The van der Waals surface area contributed by atoms with Gasteiger partial charge < -0.3 is 0 Å². The molecule has 0 saturated carbocycles. The maximum atomic E-state index is 11.6. The van der Waals surface area contributed by atoms with Crippen LogP contribution in [-0.4, -0.2) is 8.42 Å². The van der Waals surface area contributed by atoms with E-state index in [2.05, 4.69) is 2.51 Å². The van der Waals surface area contributed by atoms with Gasteiger partial charge in [0.1, 0.15) is 27.9 Å². The molecule has 2 aromatic carbocycles. The Kier molecular flexibility index (Phi) is 2.94. The second-order valence-corrected chi connectivity index (χ2v) is 5.55. The minimum Gasteiger partial charge on any atom is -0.195 e. The van der Waals surface area contributed by atoms with Crippen LogP contribution in [0.15, 0.2) is 47.4 Å². The molecule has 0 aliphatic heterocycles. The summed E-state index contributed by atoms with van der Waals surface area (Å²) in [5, 5.41) is 1.56. The fraction of sp³-hybridized carbons (Fsp3) is 0. The maximum Gasteiger partial charge on any atom is 0.306 e. The third-order valence-electron chi connectivity index (χ3n) is 2.10. The summed E-state index contributed by atoms with van der Waals surface area (Å²) in [6.45, 7) is 0. The van der Waals surface area contributed by atoms with Crippen molar-refractivity contribution in [1.82, 2.24) is 0 Å². The van der Waals surface area contributed by atoms with Crippen molar-refractivity contribution >= 4 is 43.9 Å². The molecule has 0 spiro atoms. The molecule has 0 atom stereocenters. The average molecular weight is 334 g/mol. The fourth-order valence-electron chi connectivity index (χ4n) is 1.45. The first-order valence-corrected chi connectivity index (χ1v) is 6.47. The number of fused-ring (bicyclic) bond motifs is 1. The zero-order valence-electron chi connectivity index (χ0n) is 7.55. The van der Waals surface area contributed by atoms with Crippen LogP contribution in [0.1, 0.15) is 0 Å². The van der Waals surface area contributed by atoms with Gasteiger partial charge in [-0.05, 0) is 11.5 Å². The molecule has 0 aliphatic rings. The predicted octanol–water partition coefficient (Wildman–Crippen LogP) is 2.90. The van der Waals surface area contributed by atoms with E-state index in [0.717, 1.165) is 5.39 Å². The monoisotopic (exact) mass is 334 g/mol. The number of hydrogen-bond acceptors (Lipinski definition) is 3. The van der Waals surface area contributed by atoms with E-state index in [1.165, 1.54) is 29.1 Å². The zero-order chi connectivity index (χ0) is 10.9. The Morgan fingerprint density at radius 2 is 1.67 bits per heavy atom. The van der Waals surface area contributed by atoms with Crippen molar-refractivity contribution in [1.29, 1.82) is 0 Å². The summed E-state index contributed by atoms with van der Waals surface area (Å²) in [7, 11) is -3.64. The third-order valence-corrected chi connectivity index (χ3v) is 4.58. The molecule has 0 fully saturated rings. The van der Waals surface area contributed by atoms with E-state index in [0.29, 0.717) is 5.39 Å². The second kappa shape index (κ2) is 4.07. The standard InChI is InChI=1S/C10H7IO3S/c11-14-15(12,13)10-7-3-5-8-4-1-2-6-9(8)10/h1-7H. The van der Waals surface area contributed by atoms with Crippen LogP contribution in [0.4, 0.5) is 0 Å². The second-order valence-electron chi connectivity index (χ2n) is 2.99. The van der Waals surface area contributed by atoms with Gasteiger partial charge in [0, 0.05) is 5.39 Å². The molecule has 0 bridgehead atoms. The van der Waals surface area contributed by atoms with Gasteiger partial charge in [0.15, 0.2) is 0 Å². The van der Waals surface area contributed by atoms with Crippen LogP contribution in [0, 0.1) is 0 Å². The molecule has 0 saturated heterocycles. The van der Waals surface area contributed by atoms with Gasteiger partial charge in [0.2, 0.25) is 0 Å². The summed E-state index contributed by atoms with van der Waals surface area (Å²) in [4.78, 5) is 0.204. The summed E-state index contributed by atoms with van der Waals surface area (Å²) in [5.41, 5.74) is 0. The maximum absolute atomic E-state index is 11.6. The molecular weight excluding hydrogens is 327 g/mol. The van der Waals surface area contributed by atoms with Gasteiger partial charge in [-0.1, -0.05) is 36.4 Å². The van der Waals surface area contributed by atoms with Gasteiger partial charge >= 0.3 is 10.1 Å². The van der Waals surface area contributed by atoms with Crippen molar-refractivity contribution in [3.05, 3.63) is 42.5 Å². The highest BCUT2D eigenvalue weighted by atomic mass is 127. The molecule has 5 heteroatoms. The molecule has 0 amide bonds. The highest BCUT2D eigenvalue weighted by Gasteiger charge is 2.16. The average Bonchev–Trinajstić information content (AvgIpc) is 2.28. The van der Waals surface area contributed by atoms with Crippen LogP contribution < -0.4 is 0 Å². The van der Waals surface area contributed by atoms with Crippen LogP contribution >= 0.6 is 23.0 Å². The number of hydrogen-bond donors (Lipinski definition) is 0. The lowest BCUT2D eigenvalue weighted by Crippen LogP contribution is -2.00. The Morgan fingerprint density at radius 1 is 1.00 bits per heavy atom. The highest BCUT2D eigenvalue weighted by Crippen LogP contribution is 2.25. The summed E-state index contributed by atoms with van der Waals surface area (Å²) >= 11 is 1.38. The molecule has 2 rings (SSSR count).